The van der Waals surface area contributed by atoms with Gasteiger partial charge in [-0.25, -0.2) is 0 Å². The Morgan fingerprint density at radius 3 is 2.29 bits per heavy atom. The van der Waals surface area contributed by atoms with Crippen LogP contribution in [-0.2, 0) is 16.1 Å². The van der Waals surface area contributed by atoms with E-state index < -0.39 is 6.04 Å². The van der Waals surface area contributed by atoms with Gasteiger partial charge in [0.25, 0.3) is 5.91 Å². The molecule has 0 aromatic heterocycles. The monoisotopic (exact) mass is 517 g/mol. The first-order valence-corrected chi connectivity index (χ1v) is 13.0. The lowest BCUT2D eigenvalue weighted by atomic mass is 10.0. The first kappa shape index (κ1) is 28.7. The number of hydrogen-bond donors (Lipinski definition) is 3. The topological polar surface area (TPSA) is 88.7 Å². The summed E-state index contributed by atoms with van der Waals surface area (Å²) >= 11 is 0. The molecule has 0 saturated carbocycles. The fourth-order valence-corrected chi connectivity index (χ4v) is 4.03. The van der Waals surface area contributed by atoms with Crippen LogP contribution in [0.1, 0.15) is 41.8 Å². The van der Waals surface area contributed by atoms with Crippen molar-refractivity contribution >= 4 is 17.5 Å². The number of hydrogen-bond acceptors (Lipinski definition) is 5. The van der Waals surface area contributed by atoms with Crippen molar-refractivity contribution < 1.29 is 19.1 Å². The molecule has 7 heteroatoms. The summed E-state index contributed by atoms with van der Waals surface area (Å²) in [6.07, 6.45) is 0.521. The lowest BCUT2D eigenvalue weighted by Gasteiger charge is -2.25. The van der Waals surface area contributed by atoms with Crippen LogP contribution in [0.3, 0.4) is 0 Å². The normalized spacial score (nSPS) is 12.4. The molecule has 0 aliphatic carbocycles. The number of methoxy groups -OCH3 is 1. The number of amides is 2. The van der Waals surface area contributed by atoms with Crippen molar-refractivity contribution in [3.8, 4) is 5.75 Å². The van der Waals surface area contributed by atoms with E-state index in [1.165, 1.54) is 0 Å². The summed E-state index contributed by atoms with van der Waals surface area (Å²) in [6.45, 7) is 7.20. The van der Waals surface area contributed by atoms with Crippen LogP contribution in [0.5, 0.6) is 5.75 Å². The lowest BCUT2D eigenvalue weighted by molar-refractivity contribution is -0.124. The van der Waals surface area contributed by atoms with Crippen LogP contribution in [0.15, 0.2) is 78.9 Å². The second kappa shape index (κ2) is 14.8. The Balaban J connectivity index is 1.67. The largest absolute Gasteiger partial charge is 0.497 e. The molecule has 202 valence electrons. The first-order chi connectivity index (χ1) is 18.3. The molecule has 38 heavy (non-hydrogen) atoms. The van der Waals surface area contributed by atoms with Gasteiger partial charge in [0.1, 0.15) is 11.8 Å². The van der Waals surface area contributed by atoms with E-state index in [2.05, 4.69) is 16.0 Å². The van der Waals surface area contributed by atoms with Crippen LogP contribution in [0.4, 0.5) is 5.69 Å². The molecule has 0 spiro atoms. The molecule has 0 radical (unpaired) electrons. The van der Waals surface area contributed by atoms with Crippen molar-refractivity contribution in [2.45, 2.75) is 45.9 Å². The van der Waals surface area contributed by atoms with Gasteiger partial charge in [0, 0.05) is 17.8 Å². The van der Waals surface area contributed by atoms with Gasteiger partial charge in [0.05, 0.1) is 26.4 Å². The van der Waals surface area contributed by atoms with E-state index in [4.69, 9.17) is 9.47 Å². The number of ether oxygens (including phenoxy) is 2. The van der Waals surface area contributed by atoms with Crippen molar-refractivity contribution in [1.29, 1.82) is 0 Å². The number of carbonyl (C=O) groups excluding carboxylic acids is 2. The first-order valence-electron chi connectivity index (χ1n) is 13.0. The Bertz CT molecular complexity index is 1150. The second-order valence-electron chi connectivity index (χ2n) is 9.84. The number of aryl methyl sites for hydroxylation is 1. The third-order valence-corrected chi connectivity index (χ3v) is 6.03. The van der Waals surface area contributed by atoms with Gasteiger partial charge in [-0.3, -0.25) is 9.59 Å². The van der Waals surface area contributed by atoms with Crippen LogP contribution in [0, 0.1) is 12.8 Å². The summed E-state index contributed by atoms with van der Waals surface area (Å²) in [7, 11) is 1.63. The van der Waals surface area contributed by atoms with Crippen molar-refractivity contribution in [1.82, 2.24) is 10.6 Å². The number of anilines is 1. The van der Waals surface area contributed by atoms with Crippen molar-refractivity contribution in [3.05, 3.63) is 95.6 Å². The minimum atomic E-state index is -0.666. The number of benzene rings is 3. The van der Waals surface area contributed by atoms with Crippen LogP contribution >= 0.6 is 0 Å². The highest BCUT2D eigenvalue weighted by atomic mass is 16.5. The quantitative estimate of drug-likeness (QED) is 0.281. The summed E-state index contributed by atoms with van der Waals surface area (Å²) in [6, 6.07) is 23.9. The molecule has 0 heterocycles. The summed E-state index contributed by atoms with van der Waals surface area (Å²) in [5.74, 6) is 0.494. The Kier molecular flexibility index (Phi) is 11.2. The van der Waals surface area contributed by atoms with Gasteiger partial charge in [0.2, 0.25) is 5.91 Å². The number of nitrogens with one attached hydrogen (secondary N) is 3. The van der Waals surface area contributed by atoms with E-state index in [0.29, 0.717) is 31.7 Å². The summed E-state index contributed by atoms with van der Waals surface area (Å²) in [4.78, 5) is 26.4. The van der Waals surface area contributed by atoms with E-state index in [1.807, 2.05) is 93.6 Å². The molecule has 0 fully saturated rings. The highest BCUT2D eigenvalue weighted by Crippen LogP contribution is 2.15. The van der Waals surface area contributed by atoms with Gasteiger partial charge in [-0.15, -0.1) is 0 Å². The highest BCUT2D eigenvalue weighted by Gasteiger charge is 2.25. The van der Waals surface area contributed by atoms with Crippen LogP contribution in [0.2, 0.25) is 0 Å². The molecular formula is C31H39N3O4. The summed E-state index contributed by atoms with van der Waals surface area (Å²) in [5, 5.41) is 9.41. The minimum absolute atomic E-state index is 0.216. The predicted molar refractivity (Wildman–Crippen MR) is 151 cm³/mol. The molecule has 3 aromatic rings. The van der Waals surface area contributed by atoms with Gasteiger partial charge >= 0.3 is 0 Å². The zero-order valence-corrected chi connectivity index (χ0v) is 22.7. The van der Waals surface area contributed by atoms with Gasteiger partial charge in [-0.1, -0.05) is 61.9 Å². The molecule has 3 rings (SSSR count). The lowest BCUT2D eigenvalue weighted by Crippen LogP contribution is -2.52. The van der Waals surface area contributed by atoms with Gasteiger partial charge < -0.3 is 25.4 Å². The summed E-state index contributed by atoms with van der Waals surface area (Å²) in [5.41, 5.74) is 3.49. The second-order valence-corrected chi connectivity index (χ2v) is 9.84. The van der Waals surface area contributed by atoms with E-state index in [0.717, 1.165) is 22.6 Å². The molecule has 3 aromatic carbocycles. The Morgan fingerprint density at radius 1 is 0.895 bits per heavy atom. The molecule has 2 atom stereocenters. The average Bonchev–Trinajstić information content (AvgIpc) is 2.91. The fourth-order valence-electron chi connectivity index (χ4n) is 4.03. The SMILES string of the molecule is COc1ccc(NC[C@H](COCc2ccccc2)NC(=O)[C@H](CC(C)C)NC(=O)c2cccc(C)c2)cc1. The number of rotatable bonds is 14. The molecule has 2 amide bonds. The smallest absolute Gasteiger partial charge is 0.251 e. The third kappa shape index (κ3) is 9.56. The minimum Gasteiger partial charge on any atom is -0.497 e. The molecular weight excluding hydrogens is 478 g/mol. The maximum atomic E-state index is 13.4. The summed E-state index contributed by atoms with van der Waals surface area (Å²) < 4.78 is 11.2. The molecule has 0 aliphatic heterocycles. The van der Waals surface area contributed by atoms with Gasteiger partial charge in [0.15, 0.2) is 0 Å². The number of carbonyl (C=O) groups is 2. The van der Waals surface area contributed by atoms with Crippen LogP contribution in [0.25, 0.3) is 0 Å². The molecule has 0 saturated heterocycles. The molecule has 3 N–H and O–H groups in total. The van der Waals surface area contributed by atoms with E-state index in [1.54, 1.807) is 13.2 Å². The molecule has 0 bridgehead atoms. The van der Waals surface area contributed by atoms with Gasteiger partial charge in [-0.05, 0) is 61.2 Å². The van der Waals surface area contributed by atoms with Gasteiger partial charge in [-0.2, -0.15) is 0 Å². The van der Waals surface area contributed by atoms with Crippen molar-refractivity contribution in [3.63, 3.8) is 0 Å². The third-order valence-electron chi connectivity index (χ3n) is 6.03. The van der Waals surface area contributed by atoms with Crippen LogP contribution < -0.4 is 20.7 Å². The van der Waals surface area contributed by atoms with E-state index in [9.17, 15) is 9.59 Å². The van der Waals surface area contributed by atoms with Crippen LogP contribution in [-0.4, -0.2) is 44.2 Å². The molecule has 0 unspecified atom stereocenters. The fraction of sp³-hybridized carbons (Fsp3) is 0.355. The van der Waals surface area contributed by atoms with Crippen molar-refractivity contribution in [2.75, 3.05) is 25.6 Å². The maximum absolute atomic E-state index is 13.4. The Hall–Kier alpha value is -3.84. The Labute approximate surface area is 225 Å². The molecule has 7 nitrogen and oxygen atoms in total. The van der Waals surface area contributed by atoms with Crippen molar-refractivity contribution in [2.24, 2.45) is 5.92 Å². The Morgan fingerprint density at radius 2 is 1.63 bits per heavy atom. The standard InChI is InChI=1S/C31H39N3O4/c1-22(2)17-29(34-30(35)25-12-8-9-23(3)18-25)31(36)33-27(21-38-20-24-10-6-5-7-11-24)19-32-26-13-15-28(37-4)16-14-26/h5-16,18,22,27,29,32H,17,19-21H2,1-4H3,(H,33,36)(H,34,35)/t27-,29+/m1/s1. The maximum Gasteiger partial charge on any atom is 0.251 e. The highest BCUT2D eigenvalue weighted by molar-refractivity contribution is 5.97. The van der Waals surface area contributed by atoms with E-state index in [-0.39, 0.29) is 23.8 Å². The average molecular weight is 518 g/mol. The predicted octanol–water partition coefficient (Wildman–Crippen LogP) is 4.96. The van der Waals surface area contributed by atoms with E-state index >= 15 is 0 Å². The zero-order valence-electron chi connectivity index (χ0n) is 22.7. The zero-order chi connectivity index (χ0) is 27.3. The molecule has 0 aliphatic rings.